The summed E-state index contributed by atoms with van der Waals surface area (Å²) >= 11 is 0. The van der Waals surface area contributed by atoms with Crippen LogP contribution in [-0.2, 0) is 43.5 Å². The normalized spacial score (nSPS) is 14.2. The van der Waals surface area contributed by atoms with Crippen LogP contribution in [0.5, 0.6) is 0 Å². The molecule has 1 heterocycles. The molecule has 39 heavy (non-hydrogen) atoms. The zero-order valence-electron chi connectivity index (χ0n) is 21.3. The minimum Gasteiger partial charge on any atom is -0.466 e. The van der Waals surface area contributed by atoms with Crippen molar-refractivity contribution in [1.82, 2.24) is 0 Å². The molecule has 1 aliphatic rings. The lowest BCUT2D eigenvalue weighted by molar-refractivity contribution is -0.140. The molecule has 0 saturated heterocycles. The van der Waals surface area contributed by atoms with Gasteiger partial charge in [0.1, 0.15) is 12.4 Å². The number of rotatable bonds is 7. The average molecular weight is 572 g/mol. The number of carbonyl (C=O) groups is 2. The minimum atomic E-state index is -4.24. The average Bonchev–Trinajstić information content (AvgIpc) is 2.96. The topological polar surface area (TPSA) is 133 Å². The summed E-state index contributed by atoms with van der Waals surface area (Å²) in [5.74, 6) is -1.86. The Kier molecular flexibility index (Phi) is 7.91. The zero-order valence-corrected chi connectivity index (χ0v) is 22.9. The van der Waals surface area contributed by atoms with Gasteiger partial charge in [0, 0.05) is 0 Å². The number of ether oxygens (including phenoxy) is 3. The Morgan fingerprint density at radius 2 is 1.36 bits per heavy atom. The van der Waals surface area contributed by atoms with Crippen LogP contribution in [0, 0.1) is 6.92 Å². The second kappa shape index (κ2) is 11.0. The van der Waals surface area contributed by atoms with Gasteiger partial charge < -0.3 is 19.1 Å². The number of nitrogens with zero attached hydrogens (tertiary/aromatic N) is 1. The van der Waals surface area contributed by atoms with Gasteiger partial charge >= 0.3 is 11.9 Å². The van der Waals surface area contributed by atoms with Crippen molar-refractivity contribution in [3.05, 3.63) is 89.6 Å². The fourth-order valence-corrected chi connectivity index (χ4v) is 6.76. The van der Waals surface area contributed by atoms with Crippen LogP contribution in [0.1, 0.15) is 5.56 Å². The van der Waals surface area contributed by atoms with E-state index in [0.717, 1.165) is 36.8 Å². The predicted molar refractivity (Wildman–Crippen MR) is 139 cm³/mol. The molecule has 0 radical (unpaired) electrons. The van der Waals surface area contributed by atoms with Crippen molar-refractivity contribution in [2.75, 3.05) is 32.5 Å². The Hall–Kier alpha value is -4.00. The van der Waals surface area contributed by atoms with E-state index in [0.29, 0.717) is 0 Å². The van der Waals surface area contributed by atoms with Gasteiger partial charge in [-0.25, -0.2) is 26.4 Å². The molecule has 3 aromatic rings. The van der Waals surface area contributed by atoms with Crippen molar-refractivity contribution in [3.63, 3.8) is 0 Å². The molecule has 0 atom stereocenters. The SMILES string of the molecule is COC(=O)C1=C(C(=O)OC)N(c2cc(S(=O)(=O)c3ccccc3)ccc2S(=O)(=O)c2ccc(C)cc2)COC1. The Morgan fingerprint density at radius 3 is 1.97 bits per heavy atom. The molecule has 0 spiro atoms. The van der Waals surface area contributed by atoms with Crippen LogP contribution in [0.25, 0.3) is 0 Å². The van der Waals surface area contributed by atoms with E-state index in [1.807, 2.05) is 0 Å². The van der Waals surface area contributed by atoms with E-state index in [2.05, 4.69) is 0 Å². The molecule has 0 aromatic heterocycles. The standard InChI is InChI=1S/C27H25NO9S2/c1-18-9-11-20(12-10-18)39(33,34)24-14-13-21(38(31,32)19-7-5-4-6-8-19)15-23(24)28-17-37-16-22(26(29)35-2)25(28)27(30)36-3/h4-15H,16-17H2,1-3H3. The molecule has 4 rings (SSSR count). The molecule has 0 aliphatic carbocycles. The van der Waals surface area contributed by atoms with Crippen molar-refractivity contribution >= 4 is 37.3 Å². The number of benzene rings is 3. The number of hydrogen-bond acceptors (Lipinski definition) is 10. The zero-order chi connectivity index (χ0) is 28.4. The van der Waals surface area contributed by atoms with Crippen molar-refractivity contribution < 1.29 is 40.6 Å². The first-order valence-corrected chi connectivity index (χ1v) is 14.5. The van der Waals surface area contributed by atoms with Crippen LogP contribution in [0.2, 0.25) is 0 Å². The summed E-state index contributed by atoms with van der Waals surface area (Å²) < 4.78 is 69.7. The fourth-order valence-electron chi connectivity index (χ4n) is 4.02. The van der Waals surface area contributed by atoms with Crippen LogP contribution in [-0.4, -0.2) is 56.3 Å². The summed E-state index contributed by atoms with van der Waals surface area (Å²) in [5.41, 5.74) is 0.0893. The minimum absolute atomic E-state index is 0.0148. The van der Waals surface area contributed by atoms with Crippen LogP contribution < -0.4 is 4.90 Å². The van der Waals surface area contributed by atoms with E-state index in [9.17, 15) is 26.4 Å². The Bertz CT molecular complexity index is 1660. The smallest absolute Gasteiger partial charge is 0.355 e. The monoisotopic (exact) mass is 571 g/mol. The van der Waals surface area contributed by atoms with Gasteiger partial charge in [-0.3, -0.25) is 0 Å². The largest absolute Gasteiger partial charge is 0.466 e. The summed E-state index contributed by atoms with van der Waals surface area (Å²) in [4.78, 5) is 25.9. The number of carbonyl (C=O) groups excluding carboxylic acids is 2. The highest BCUT2D eigenvalue weighted by molar-refractivity contribution is 7.92. The molecule has 12 heteroatoms. The summed E-state index contributed by atoms with van der Waals surface area (Å²) in [6.45, 7) is 1.11. The molecule has 10 nitrogen and oxygen atoms in total. The Morgan fingerprint density at radius 1 is 0.769 bits per heavy atom. The number of aryl methyl sites for hydroxylation is 1. The van der Waals surface area contributed by atoms with Gasteiger partial charge in [-0.2, -0.15) is 0 Å². The highest BCUT2D eigenvalue weighted by atomic mass is 32.2. The number of hydrogen-bond donors (Lipinski definition) is 0. The summed E-state index contributed by atoms with van der Waals surface area (Å²) in [5, 5.41) is 0. The van der Waals surface area contributed by atoms with Gasteiger partial charge in [0.05, 0.1) is 51.7 Å². The van der Waals surface area contributed by atoms with Crippen LogP contribution in [0.4, 0.5) is 5.69 Å². The van der Waals surface area contributed by atoms with Crippen molar-refractivity contribution in [3.8, 4) is 0 Å². The predicted octanol–water partition coefficient (Wildman–Crippen LogP) is 3.05. The molecule has 0 amide bonds. The van der Waals surface area contributed by atoms with Crippen LogP contribution in [0.15, 0.2) is 104 Å². The lowest BCUT2D eigenvalue weighted by Gasteiger charge is -2.32. The maximum atomic E-state index is 13.8. The molecule has 0 fully saturated rings. The van der Waals surface area contributed by atoms with Gasteiger partial charge in [0.15, 0.2) is 0 Å². The lowest BCUT2D eigenvalue weighted by Crippen LogP contribution is -2.39. The van der Waals surface area contributed by atoms with Crippen molar-refractivity contribution in [2.45, 2.75) is 26.5 Å². The van der Waals surface area contributed by atoms with E-state index in [1.54, 1.807) is 37.3 Å². The molecule has 0 unspecified atom stereocenters. The molecular weight excluding hydrogens is 546 g/mol. The summed E-state index contributed by atoms with van der Waals surface area (Å²) in [6, 6.07) is 17.2. The quantitative estimate of drug-likeness (QED) is 0.390. The summed E-state index contributed by atoms with van der Waals surface area (Å²) in [6.07, 6.45) is 0. The van der Waals surface area contributed by atoms with Crippen molar-refractivity contribution in [1.29, 1.82) is 0 Å². The molecule has 0 N–H and O–H groups in total. The molecule has 0 saturated carbocycles. The van der Waals surface area contributed by atoms with E-state index in [4.69, 9.17) is 14.2 Å². The van der Waals surface area contributed by atoms with Crippen LogP contribution in [0.3, 0.4) is 0 Å². The highest BCUT2D eigenvalue weighted by Gasteiger charge is 2.36. The second-order valence-electron chi connectivity index (χ2n) is 8.48. The first kappa shape index (κ1) is 28.0. The second-order valence-corrected chi connectivity index (χ2v) is 12.3. The molecular formula is C27H25NO9S2. The maximum absolute atomic E-state index is 13.8. The van der Waals surface area contributed by atoms with Gasteiger partial charge in [0.25, 0.3) is 0 Å². The van der Waals surface area contributed by atoms with E-state index < -0.39 is 31.6 Å². The van der Waals surface area contributed by atoms with Gasteiger partial charge in [0.2, 0.25) is 19.7 Å². The van der Waals surface area contributed by atoms with Gasteiger partial charge in [-0.05, 0) is 49.4 Å². The molecule has 0 bridgehead atoms. The van der Waals surface area contributed by atoms with E-state index >= 15 is 0 Å². The maximum Gasteiger partial charge on any atom is 0.355 e. The first-order chi connectivity index (χ1) is 18.5. The number of esters is 2. The first-order valence-electron chi connectivity index (χ1n) is 11.5. The van der Waals surface area contributed by atoms with Gasteiger partial charge in [-0.15, -0.1) is 0 Å². The third-order valence-electron chi connectivity index (χ3n) is 6.04. The third kappa shape index (κ3) is 5.31. The van der Waals surface area contributed by atoms with Crippen LogP contribution >= 0.6 is 0 Å². The van der Waals surface area contributed by atoms with Crippen molar-refractivity contribution in [2.24, 2.45) is 0 Å². The molecule has 1 aliphatic heterocycles. The Balaban J connectivity index is 2.02. The Labute approximate surface area is 226 Å². The summed E-state index contributed by atoms with van der Waals surface area (Å²) in [7, 11) is -6.13. The van der Waals surface area contributed by atoms with E-state index in [1.165, 1.54) is 30.3 Å². The molecule has 3 aromatic carbocycles. The molecule has 204 valence electrons. The number of methoxy groups -OCH3 is 2. The number of sulfone groups is 2. The third-order valence-corrected chi connectivity index (χ3v) is 9.62. The van der Waals surface area contributed by atoms with E-state index in [-0.39, 0.29) is 49.9 Å². The highest BCUT2D eigenvalue weighted by Crippen LogP contribution is 2.37. The lowest BCUT2D eigenvalue weighted by atomic mass is 10.1. The van der Waals surface area contributed by atoms with Gasteiger partial charge in [-0.1, -0.05) is 35.9 Å². The fraction of sp³-hybridized carbons (Fsp3) is 0.185. The number of anilines is 1.